The highest BCUT2D eigenvalue weighted by Crippen LogP contribution is 2.29. The Hall–Kier alpha value is -1.30. The van der Waals surface area contributed by atoms with Crippen LogP contribution in [0.15, 0.2) is 0 Å². The van der Waals surface area contributed by atoms with Gasteiger partial charge in [0, 0.05) is 0 Å². The third-order valence-electron chi connectivity index (χ3n) is 3.07. The summed E-state index contributed by atoms with van der Waals surface area (Å²) in [5, 5.41) is 21.5. The van der Waals surface area contributed by atoms with E-state index in [2.05, 4.69) is 15.4 Å². The second kappa shape index (κ2) is 4.29. The fourth-order valence-corrected chi connectivity index (χ4v) is 2.12. The summed E-state index contributed by atoms with van der Waals surface area (Å²) >= 11 is 0. The maximum atomic E-state index is 11.9. The Bertz CT molecular complexity index is 382. The fraction of sp³-hybridized carbons (Fsp3) is 0.800. The number of aryl methyl sites for hydroxylation is 1. The van der Waals surface area contributed by atoms with Gasteiger partial charge in [0.2, 0.25) is 0 Å². The summed E-state index contributed by atoms with van der Waals surface area (Å²) in [5.74, 6) is 0.201. The molecule has 0 amide bonds. The number of rotatable bonds is 3. The van der Waals surface area contributed by atoms with Crippen molar-refractivity contribution >= 4 is 5.78 Å². The van der Waals surface area contributed by atoms with Crippen molar-refractivity contribution < 1.29 is 9.90 Å². The Morgan fingerprint density at radius 3 is 2.69 bits per heavy atom. The molecule has 6 heteroatoms. The Labute approximate surface area is 93.6 Å². The monoisotopic (exact) mass is 224 g/mol. The molecule has 0 unspecified atom stereocenters. The molecule has 2 rings (SSSR count). The molecule has 1 heterocycles. The summed E-state index contributed by atoms with van der Waals surface area (Å²) in [6, 6.07) is 0. The standard InChI is InChI=1S/C10H16N4O2/c1-14-12-9(11-13-14)7-8(15)10(16)5-3-2-4-6-10/h16H,2-7H2,1H3. The molecule has 0 spiro atoms. The molecular formula is C10H16N4O2. The van der Waals surface area contributed by atoms with Crippen LogP contribution in [-0.4, -0.2) is 36.7 Å². The van der Waals surface area contributed by atoms with Crippen LogP contribution in [0.3, 0.4) is 0 Å². The average Bonchev–Trinajstić information content (AvgIpc) is 2.65. The summed E-state index contributed by atoms with van der Waals surface area (Å²) in [6.07, 6.45) is 4.12. The lowest BCUT2D eigenvalue weighted by molar-refractivity contribution is -0.139. The van der Waals surface area contributed by atoms with Crippen molar-refractivity contribution in [3.63, 3.8) is 0 Å². The van der Waals surface area contributed by atoms with Crippen LogP contribution in [-0.2, 0) is 18.3 Å². The highest BCUT2D eigenvalue weighted by Gasteiger charge is 2.37. The van der Waals surface area contributed by atoms with Gasteiger partial charge in [-0.25, -0.2) is 0 Å². The number of tetrazole rings is 1. The summed E-state index contributed by atoms with van der Waals surface area (Å²) in [7, 11) is 1.65. The van der Waals surface area contributed by atoms with E-state index in [1.807, 2.05) is 0 Å². The van der Waals surface area contributed by atoms with E-state index in [1.165, 1.54) is 4.80 Å². The van der Waals surface area contributed by atoms with Crippen LogP contribution < -0.4 is 0 Å². The second-order valence-corrected chi connectivity index (χ2v) is 4.39. The van der Waals surface area contributed by atoms with Gasteiger partial charge < -0.3 is 5.11 Å². The quantitative estimate of drug-likeness (QED) is 0.782. The molecule has 0 atom stereocenters. The molecule has 1 aromatic rings. The molecule has 1 aromatic heterocycles. The van der Waals surface area contributed by atoms with Crippen LogP contribution in [0.4, 0.5) is 0 Å². The molecule has 0 bridgehead atoms. The normalized spacial score (nSPS) is 19.6. The van der Waals surface area contributed by atoms with Gasteiger partial charge in [0.15, 0.2) is 11.6 Å². The molecule has 1 aliphatic carbocycles. The first kappa shape index (κ1) is 11.2. The maximum Gasteiger partial charge on any atom is 0.182 e. The van der Waals surface area contributed by atoms with Gasteiger partial charge >= 0.3 is 0 Å². The largest absolute Gasteiger partial charge is 0.382 e. The van der Waals surface area contributed by atoms with E-state index >= 15 is 0 Å². The summed E-state index contributed by atoms with van der Waals surface area (Å²) < 4.78 is 0. The average molecular weight is 224 g/mol. The fourth-order valence-electron chi connectivity index (χ4n) is 2.12. The number of Topliss-reactive ketones (excluding diaryl/α,β-unsaturated/α-hetero) is 1. The minimum atomic E-state index is -1.16. The van der Waals surface area contributed by atoms with E-state index < -0.39 is 5.60 Å². The van der Waals surface area contributed by atoms with Crippen molar-refractivity contribution in [1.82, 2.24) is 20.2 Å². The molecule has 0 saturated heterocycles. The minimum absolute atomic E-state index is 0.0737. The summed E-state index contributed by atoms with van der Waals surface area (Å²) in [6.45, 7) is 0. The Morgan fingerprint density at radius 2 is 2.12 bits per heavy atom. The summed E-state index contributed by atoms with van der Waals surface area (Å²) in [5.41, 5.74) is -1.16. The third-order valence-corrected chi connectivity index (χ3v) is 3.07. The topological polar surface area (TPSA) is 80.9 Å². The molecule has 88 valence electrons. The lowest BCUT2D eigenvalue weighted by Gasteiger charge is -2.30. The van der Waals surface area contributed by atoms with Gasteiger partial charge in [-0.1, -0.05) is 19.3 Å². The molecule has 0 radical (unpaired) electrons. The van der Waals surface area contributed by atoms with Crippen molar-refractivity contribution in [2.45, 2.75) is 44.1 Å². The van der Waals surface area contributed by atoms with Gasteiger partial charge in [-0.2, -0.15) is 4.80 Å². The number of aromatic nitrogens is 4. The third kappa shape index (κ3) is 2.27. The van der Waals surface area contributed by atoms with Crippen molar-refractivity contribution in [2.75, 3.05) is 0 Å². The van der Waals surface area contributed by atoms with E-state index in [9.17, 15) is 9.90 Å². The zero-order valence-electron chi connectivity index (χ0n) is 9.39. The van der Waals surface area contributed by atoms with Gasteiger partial charge in [0.1, 0.15) is 5.60 Å². The molecule has 1 fully saturated rings. The van der Waals surface area contributed by atoms with E-state index in [0.29, 0.717) is 18.7 Å². The highest BCUT2D eigenvalue weighted by molar-refractivity contribution is 5.88. The molecule has 0 aromatic carbocycles. The van der Waals surface area contributed by atoms with E-state index in [4.69, 9.17) is 0 Å². The van der Waals surface area contributed by atoms with Gasteiger partial charge in [-0.15, -0.1) is 10.2 Å². The number of ketones is 1. The van der Waals surface area contributed by atoms with Gasteiger partial charge in [0.05, 0.1) is 13.5 Å². The Kier molecular flexibility index (Phi) is 3.00. The molecule has 16 heavy (non-hydrogen) atoms. The number of hydrogen-bond donors (Lipinski definition) is 1. The number of hydrogen-bond acceptors (Lipinski definition) is 5. The number of carbonyl (C=O) groups excluding carboxylic acids is 1. The van der Waals surface area contributed by atoms with Crippen LogP contribution in [0.5, 0.6) is 0 Å². The van der Waals surface area contributed by atoms with Crippen molar-refractivity contribution in [2.24, 2.45) is 7.05 Å². The number of carbonyl (C=O) groups is 1. The first-order valence-corrected chi connectivity index (χ1v) is 5.59. The van der Waals surface area contributed by atoms with Gasteiger partial charge in [-0.3, -0.25) is 4.79 Å². The molecule has 0 aliphatic heterocycles. The zero-order valence-corrected chi connectivity index (χ0v) is 9.39. The van der Waals surface area contributed by atoms with E-state index in [0.717, 1.165) is 19.3 Å². The minimum Gasteiger partial charge on any atom is -0.382 e. The van der Waals surface area contributed by atoms with Crippen LogP contribution in [0.2, 0.25) is 0 Å². The van der Waals surface area contributed by atoms with Crippen LogP contribution in [0, 0.1) is 0 Å². The molecular weight excluding hydrogens is 208 g/mol. The highest BCUT2D eigenvalue weighted by atomic mass is 16.3. The molecule has 1 aliphatic rings. The van der Waals surface area contributed by atoms with E-state index in [-0.39, 0.29) is 12.2 Å². The number of aliphatic hydroxyl groups is 1. The second-order valence-electron chi connectivity index (χ2n) is 4.39. The van der Waals surface area contributed by atoms with Crippen molar-refractivity contribution in [3.05, 3.63) is 5.82 Å². The van der Waals surface area contributed by atoms with Crippen LogP contribution in [0.1, 0.15) is 37.9 Å². The first-order valence-electron chi connectivity index (χ1n) is 5.59. The molecule has 1 N–H and O–H groups in total. The lowest BCUT2D eigenvalue weighted by atomic mass is 9.81. The molecule has 6 nitrogen and oxygen atoms in total. The van der Waals surface area contributed by atoms with Crippen LogP contribution in [0.25, 0.3) is 0 Å². The predicted octanol–water partition coefficient (Wildman–Crippen LogP) is 0.0169. The van der Waals surface area contributed by atoms with E-state index in [1.54, 1.807) is 7.05 Å². The summed E-state index contributed by atoms with van der Waals surface area (Å²) in [4.78, 5) is 13.2. The smallest absolute Gasteiger partial charge is 0.182 e. The van der Waals surface area contributed by atoms with Crippen molar-refractivity contribution in [3.8, 4) is 0 Å². The Balaban J connectivity index is 2.01. The first-order chi connectivity index (χ1) is 7.60. The molecule has 1 saturated carbocycles. The SMILES string of the molecule is Cn1nnc(CC(=O)C2(O)CCCCC2)n1. The maximum absolute atomic E-state index is 11.9. The number of nitrogens with zero attached hydrogens (tertiary/aromatic N) is 4. The Morgan fingerprint density at radius 1 is 1.44 bits per heavy atom. The van der Waals surface area contributed by atoms with Gasteiger partial charge in [0.25, 0.3) is 0 Å². The zero-order chi connectivity index (χ0) is 11.6. The predicted molar refractivity (Wildman–Crippen MR) is 55.5 cm³/mol. The van der Waals surface area contributed by atoms with Gasteiger partial charge in [-0.05, 0) is 18.1 Å². The van der Waals surface area contributed by atoms with Crippen molar-refractivity contribution in [1.29, 1.82) is 0 Å². The van der Waals surface area contributed by atoms with Crippen LogP contribution >= 0.6 is 0 Å². The lowest BCUT2D eigenvalue weighted by Crippen LogP contribution is -2.41.